The van der Waals surface area contributed by atoms with Crippen LogP contribution >= 0.6 is 0 Å². The summed E-state index contributed by atoms with van der Waals surface area (Å²) in [6.45, 7) is 2.14. The number of fused-ring (bicyclic) bond motifs is 1. The highest BCUT2D eigenvalue weighted by atomic mass is 19.1. The van der Waals surface area contributed by atoms with Gasteiger partial charge in [0.25, 0.3) is 11.5 Å². The molecule has 1 aliphatic rings. The van der Waals surface area contributed by atoms with Crippen LogP contribution in [0.15, 0.2) is 35.1 Å². The highest BCUT2D eigenvalue weighted by Crippen LogP contribution is 2.31. The summed E-state index contributed by atoms with van der Waals surface area (Å²) in [6, 6.07) is 6.47. The third-order valence-corrected chi connectivity index (χ3v) is 5.75. The molecule has 0 unspecified atom stereocenters. The fraction of sp³-hybridized carbons (Fsp3) is 0.261. The van der Waals surface area contributed by atoms with Crippen LogP contribution in [0.5, 0.6) is 5.75 Å². The molecule has 2 heterocycles. The highest BCUT2D eigenvalue weighted by molar-refractivity contribution is 6.10. The molecular formula is C23H23FN4O5. The third-order valence-electron chi connectivity index (χ3n) is 5.75. The maximum Gasteiger partial charge on any atom is 0.335 e. The molecule has 0 saturated carbocycles. The molecule has 10 heteroatoms. The van der Waals surface area contributed by atoms with E-state index in [9.17, 15) is 29.0 Å². The Bertz CT molecular complexity index is 1310. The van der Waals surface area contributed by atoms with E-state index in [1.807, 2.05) is 0 Å². The summed E-state index contributed by atoms with van der Waals surface area (Å²) in [5.74, 6) is -3.29. The van der Waals surface area contributed by atoms with Gasteiger partial charge in [-0.15, -0.1) is 0 Å². The number of aromatic carboxylic acids is 1. The van der Waals surface area contributed by atoms with Crippen molar-refractivity contribution in [1.29, 1.82) is 0 Å². The smallest absolute Gasteiger partial charge is 0.335 e. The Morgan fingerprint density at radius 1 is 1.15 bits per heavy atom. The maximum absolute atomic E-state index is 14.0. The first kappa shape index (κ1) is 22.3. The number of hydrogen-bond acceptors (Lipinski definition) is 6. The minimum absolute atomic E-state index is 0.0254. The molecule has 0 radical (unpaired) electrons. The van der Waals surface area contributed by atoms with E-state index in [-0.39, 0.29) is 22.2 Å². The number of pyridine rings is 1. The summed E-state index contributed by atoms with van der Waals surface area (Å²) in [6.07, 6.45) is 2.07. The molecule has 0 atom stereocenters. The Hall–Kier alpha value is -3.92. The number of H-pyrrole nitrogens is 1. The first-order chi connectivity index (χ1) is 15.8. The Morgan fingerprint density at radius 3 is 2.55 bits per heavy atom. The molecule has 1 amide bonds. The first-order valence-corrected chi connectivity index (χ1v) is 10.4. The minimum Gasteiger partial charge on any atom is -0.506 e. The molecule has 3 aromatic rings. The number of aromatic nitrogens is 1. The van der Waals surface area contributed by atoms with E-state index in [0.717, 1.165) is 38.1 Å². The first-order valence-electron chi connectivity index (χ1n) is 10.4. The summed E-state index contributed by atoms with van der Waals surface area (Å²) < 4.78 is 14.0. The van der Waals surface area contributed by atoms with Gasteiger partial charge in [0.2, 0.25) is 0 Å². The fourth-order valence-electron chi connectivity index (χ4n) is 4.10. The van der Waals surface area contributed by atoms with Gasteiger partial charge in [0.1, 0.15) is 17.1 Å². The minimum atomic E-state index is -1.10. The van der Waals surface area contributed by atoms with E-state index < -0.39 is 34.6 Å². The van der Waals surface area contributed by atoms with Crippen molar-refractivity contribution in [2.24, 2.45) is 0 Å². The highest BCUT2D eigenvalue weighted by Gasteiger charge is 2.23. The molecule has 0 spiro atoms. The fourth-order valence-corrected chi connectivity index (χ4v) is 4.10. The number of aromatic hydroxyl groups is 1. The van der Waals surface area contributed by atoms with Gasteiger partial charge in [-0.2, -0.15) is 0 Å². The van der Waals surface area contributed by atoms with Crippen LogP contribution in [-0.2, 0) is 6.54 Å². The predicted molar refractivity (Wildman–Crippen MR) is 122 cm³/mol. The molecular weight excluding hydrogens is 431 g/mol. The third kappa shape index (κ3) is 4.37. The Balaban J connectivity index is 1.73. The number of benzene rings is 2. The molecule has 33 heavy (non-hydrogen) atoms. The number of carboxylic acids is 1. The molecule has 4 rings (SSSR count). The lowest BCUT2D eigenvalue weighted by atomic mass is 10.1. The van der Waals surface area contributed by atoms with Gasteiger partial charge in [0.15, 0.2) is 0 Å². The van der Waals surface area contributed by atoms with Gasteiger partial charge in [0.05, 0.1) is 16.8 Å². The number of hydrogen-bond donors (Lipinski definition) is 5. The summed E-state index contributed by atoms with van der Waals surface area (Å²) >= 11 is 0. The van der Waals surface area contributed by atoms with Crippen molar-refractivity contribution in [3.63, 3.8) is 0 Å². The molecule has 0 bridgehead atoms. The van der Waals surface area contributed by atoms with Gasteiger partial charge in [-0.05, 0) is 61.8 Å². The zero-order valence-electron chi connectivity index (χ0n) is 17.9. The van der Waals surface area contributed by atoms with Crippen LogP contribution in [0.1, 0.15) is 39.1 Å². The van der Waals surface area contributed by atoms with Crippen LogP contribution in [0, 0.1) is 5.82 Å². The average molecular weight is 454 g/mol. The maximum atomic E-state index is 14.0. The van der Waals surface area contributed by atoms with Crippen molar-refractivity contribution in [3.05, 3.63) is 63.2 Å². The SMILES string of the molecule is CNc1cc(F)cc2c(O)c(C(=O)Nc3ccc(C(=O)O)cc3CN3CCCC3)c(=O)[nH]c12. The summed E-state index contributed by atoms with van der Waals surface area (Å²) in [5, 5.41) is 25.3. The van der Waals surface area contributed by atoms with E-state index in [0.29, 0.717) is 17.8 Å². The van der Waals surface area contributed by atoms with Crippen LogP contribution in [0.4, 0.5) is 15.8 Å². The summed E-state index contributed by atoms with van der Waals surface area (Å²) in [4.78, 5) is 41.8. The number of nitrogens with zero attached hydrogens (tertiary/aromatic N) is 1. The molecule has 0 aliphatic carbocycles. The van der Waals surface area contributed by atoms with Crippen molar-refractivity contribution < 1.29 is 24.2 Å². The number of rotatable bonds is 6. The monoisotopic (exact) mass is 454 g/mol. The van der Waals surface area contributed by atoms with Crippen LogP contribution in [0.3, 0.4) is 0 Å². The second kappa shape index (κ2) is 8.91. The number of nitrogens with one attached hydrogen (secondary N) is 3. The average Bonchev–Trinajstić information content (AvgIpc) is 3.28. The second-order valence-electron chi connectivity index (χ2n) is 7.92. The normalized spacial score (nSPS) is 13.9. The lowest BCUT2D eigenvalue weighted by Crippen LogP contribution is -2.25. The molecule has 1 saturated heterocycles. The van der Waals surface area contributed by atoms with Gasteiger partial charge in [-0.3, -0.25) is 14.5 Å². The molecule has 2 aromatic carbocycles. The number of carboxylic acid groups (broad SMARTS) is 1. The largest absolute Gasteiger partial charge is 0.506 e. The topological polar surface area (TPSA) is 135 Å². The van der Waals surface area contributed by atoms with Gasteiger partial charge < -0.3 is 25.8 Å². The number of likely N-dealkylation sites (tertiary alicyclic amines) is 1. The number of amides is 1. The number of aromatic amines is 1. The van der Waals surface area contributed by atoms with Crippen molar-refractivity contribution in [3.8, 4) is 5.75 Å². The zero-order valence-corrected chi connectivity index (χ0v) is 17.9. The molecule has 5 N–H and O–H groups in total. The Morgan fingerprint density at radius 2 is 1.88 bits per heavy atom. The van der Waals surface area contributed by atoms with Crippen LogP contribution in [0.25, 0.3) is 10.9 Å². The van der Waals surface area contributed by atoms with E-state index >= 15 is 0 Å². The lowest BCUT2D eigenvalue weighted by Gasteiger charge is -2.19. The molecule has 1 aliphatic heterocycles. The van der Waals surface area contributed by atoms with Crippen molar-refractivity contribution in [2.45, 2.75) is 19.4 Å². The van der Waals surface area contributed by atoms with Crippen LogP contribution in [-0.4, -0.2) is 52.1 Å². The predicted octanol–water partition coefficient (Wildman–Crippen LogP) is 2.96. The number of carbonyl (C=O) groups is 2. The Labute approximate surface area is 187 Å². The van der Waals surface area contributed by atoms with Gasteiger partial charge in [-0.25, -0.2) is 9.18 Å². The summed E-state index contributed by atoms with van der Waals surface area (Å²) in [7, 11) is 1.53. The van der Waals surface area contributed by atoms with E-state index in [1.165, 1.54) is 25.2 Å². The molecule has 1 fully saturated rings. The number of anilines is 2. The standard InChI is InChI=1S/C23H23FN4O5/c1-25-17-10-14(24)9-15-19(17)27-22(31)18(20(15)29)21(30)26-16-5-4-12(23(32)33)8-13(16)11-28-6-2-3-7-28/h4-5,8-10,25H,2-3,6-7,11H2,1H3,(H,26,30)(H,32,33)(H2,27,29,31). The van der Waals surface area contributed by atoms with Crippen molar-refractivity contribution in [1.82, 2.24) is 9.88 Å². The van der Waals surface area contributed by atoms with Gasteiger partial charge >= 0.3 is 5.97 Å². The second-order valence-corrected chi connectivity index (χ2v) is 7.92. The number of carbonyl (C=O) groups excluding carboxylic acids is 1. The van der Waals surface area contributed by atoms with Gasteiger partial charge in [-0.1, -0.05) is 0 Å². The van der Waals surface area contributed by atoms with E-state index in [2.05, 4.69) is 20.5 Å². The van der Waals surface area contributed by atoms with Crippen molar-refractivity contribution >= 4 is 34.2 Å². The lowest BCUT2D eigenvalue weighted by molar-refractivity contribution is 0.0696. The van der Waals surface area contributed by atoms with E-state index in [4.69, 9.17) is 0 Å². The van der Waals surface area contributed by atoms with Gasteiger partial charge in [0, 0.05) is 24.7 Å². The number of halogens is 1. The molecule has 1 aromatic heterocycles. The zero-order chi connectivity index (χ0) is 23.7. The van der Waals surface area contributed by atoms with Crippen LogP contribution < -0.4 is 16.2 Å². The molecule has 172 valence electrons. The Kier molecular flexibility index (Phi) is 6.01. The molecule has 9 nitrogen and oxygen atoms in total. The van der Waals surface area contributed by atoms with Crippen molar-refractivity contribution in [2.75, 3.05) is 30.8 Å². The van der Waals surface area contributed by atoms with Crippen LogP contribution in [0.2, 0.25) is 0 Å². The quantitative estimate of drug-likeness (QED) is 0.386. The van der Waals surface area contributed by atoms with E-state index in [1.54, 1.807) is 0 Å². The summed E-state index contributed by atoms with van der Waals surface area (Å²) in [5.41, 5.74) is -0.0200.